The molecule has 0 unspecified atom stereocenters. The van der Waals surface area contributed by atoms with E-state index in [1.165, 1.54) is 6.92 Å². The molecular formula is C32H31ClN8O3. The number of nitrogens with one attached hydrogen (secondary N) is 2. The van der Waals surface area contributed by atoms with Gasteiger partial charge in [-0.15, -0.1) is 0 Å². The highest BCUT2D eigenvalue weighted by Crippen LogP contribution is 2.30. The number of ether oxygens (including phenoxy) is 2. The number of rotatable bonds is 11. The van der Waals surface area contributed by atoms with Crippen molar-refractivity contribution >= 4 is 40.8 Å². The third-order valence-electron chi connectivity index (χ3n) is 6.51. The van der Waals surface area contributed by atoms with Gasteiger partial charge in [-0.2, -0.15) is 9.97 Å². The molecule has 0 bridgehead atoms. The second kappa shape index (κ2) is 13.8. The standard InChI is InChI=1S/C32H31ClN8O3/c1-20-36-31(28-15-24(33)16-35-30(28)39-25-9-14-29(34-17-25)38-21(2)42)40-32(37-20)41(18-22-5-10-26(43-3)11-6-22)19-23-7-12-27(44-4)13-8-23/h5-17H,18-19H2,1-4H3,(H,35,39)(H,34,38,42). The number of methoxy groups -OCH3 is 2. The van der Waals surface area contributed by atoms with Gasteiger partial charge < -0.3 is 25.0 Å². The molecule has 0 aliphatic heterocycles. The normalized spacial score (nSPS) is 10.7. The van der Waals surface area contributed by atoms with E-state index in [9.17, 15) is 4.79 Å². The van der Waals surface area contributed by atoms with Crippen LogP contribution in [-0.4, -0.2) is 45.0 Å². The lowest BCUT2D eigenvalue weighted by Gasteiger charge is -2.24. The molecule has 5 rings (SSSR count). The van der Waals surface area contributed by atoms with Gasteiger partial charge >= 0.3 is 0 Å². The highest BCUT2D eigenvalue weighted by molar-refractivity contribution is 6.30. The van der Waals surface area contributed by atoms with E-state index in [1.54, 1.807) is 44.8 Å². The summed E-state index contributed by atoms with van der Waals surface area (Å²) in [6, 6.07) is 21.0. The lowest BCUT2D eigenvalue weighted by atomic mass is 10.1. The summed E-state index contributed by atoms with van der Waals surface area (Å²) in [6.45, 7) is 4.31. The van der Waals surface area contributed by atoms with Crippen molar-refractivity contribution in [1.29, 1.82) is 0 Å². The van der Waals surface area contributed by atoms with Crippen molar-refractivity contribution in [2.24, 2.45) is 0 Å². The molecule has 0 aliphatic rings. The van der Waals surface area contributed by atoms with Gasteiger partial charge in [0.2, 0.25) is 11.9 Å². The summed E-state index contributed by atoms with van der Waals surface area (Å²) < 4.78 is 10.7. The number of hydrogen-bond donors (Lipinski definition) is 2. The molecule has 0 saturated carbocycles. The van der Waals surface area contributed by atoms with Gasteiger partial charge in [-0.3, -0.25) is 4.79 Å². The molecule has 44 heavy (non-hydrogen) atoms. The summed E-state index contributed by atoms with van der Waals surface area (Å²) in [5.74, 6) is 3.72. The van der Waals surface area contributed by atoms with Crippen LogP contribution in [0.15, 0.2) is 79.1 Å². The molecule has 0 saturated heterocycles. The van der Waals surface area contributed by atoms with Crippen LogP contribution in [0.3, 0.4) is 0 Å². The Morgan fingerprint density at radius 3 is 2.02 bits per heavy atom. The molecule has 3 aromatic heterocycles. The predicted molar refractivity (Wildman–Crippen MR) is 171 cm³/mol. The van der Waals surface area contributed by atoms with Crippen molar-refractivity contribution in [3.63, 3.8) is 0 Å². The molecule has 12 heteroatoms. The summed E-state index contributed by atoms with van der Waals surface area (Å²) in [5.41, 5.74) is 3.35. The molecule has 1 amide bonds. The van der Waals surface area contributed by atoms with Gasteiger partial charge in [0.25, 0.3) is 0 Å². The average Bonchev–Trinajstić information content (AvgIpc) is 3.02. The fraction of sp³-hybridized carbons (Fsp3) is 0.188. The van der Waals surface area contributed by atoms with Crippen LogP contribution in [0.4, 0.5) is 23.3 Å². The number of aromatic nitrogens is 5. The van der Waals surface area contributed by atoms with Crippen molar-refractivity contribution < 1.29 is 14.3 Å². The van der Waals surface area contributed by atoms with Gasteiger partial charge in [0.05, 0.1) is 36.7 Å². The SMILES string of the molecule is COc1ccc(CN(Cc2ccc(OC)cc2)c2nc(C)nc(-c3cc(Cl)cnc3Nc3ccc(NC(C)=O)nc3)n2)cc1. The Balaban J connectivity index is 1.50. The maximum Gasteiger partial charge on any atom is 0.229 e. The molecule has 0 aliphatic carbocycles. The number of aryl methyl sites for hydroxylation is 1. The zero-order chi connectivity index (χ0) is 31.1. The minimum Gasteiger partial charge on any atom is -0.497 e. The van der Waals surface area contributed by atoms with Crippen LogP contribution in [0.5, 0.6) is 11.5 Å². The van der Waals surface area contributed by atoms with Crippen LogP contribution in [0, 0.1) is 6.92 Å². The van der Waals surface area contributed by atoms with E-state index >= 15 is 0 Å². The molecule has 5 aromatic rings. The number of amides is 1. The number of pyridine rings is 2. The smallest absolute Gasteiger partial charge is 0.229 e. The molecule has 2 aromatic carbocycles. The summed E-state index contributed by atoms with van der Waals surface area (Å²) in [4.78, 5) is 36.5. The number of carbonyl (C=O) groups excluding carboxylic acids is 1. The Morgan fingerprint density at radius 2 is 1.48 bits per heavy atom. The first-order valence-corrected chi connectivity index (χ1v) is 14.1. The van der Waals surface area contributed by atoms with Gasteiger partial charge in [-0.1, -0.05) is 35.9 Å². The zero-order valence-corrected chi connectivity index (χ0v) is 25.5. The highest BCUT2D eigenvalue weighted by Gasteiger charge is 2.18. The van der Waals surface area contributed by atoms with Crippen molar-refractivity contribution in [2.75, 3.05) is 29.8 Å². The third kappa shape index (κ3) is 7.75. The monoisotopic (exact) mass is 610 g/mol. The number of hydrogen-bond acceptors (Lipinski definition) is 10. The highest BCUT2D eigenvalue weighted by atomic mass is 35.5. The first kappa shape index (κ1) is 30.2. The van der Waals surface area contributed by atoms with E-state index < -0.39 is 0 Å². The van der Waals surface area contributed by atoms with Crippen LogP contribution in [0.25, 0.3) is 11.4 Å². The van der Waals surface area contributed by atoms with E-state index in [4.69, 9.17) is 31.0 Å². The molecular weight excluding hydrogens is 580 g/mol. The quantitative estimate of drug-likeness (QED) is 0.178. The summed E-state index contributed by atoms with van der Waals surface area (Å²) in [6.07, 6.45) is 3.14. The molecule has 2 N–H and O–H groups in total. The molecule has 224 valence electrons. The third-order valence-corrected chi connectivity index (χ3v) is 6.72. The van der Waals surface area contributed by atoms with Crippen molar-refractivity contribution in [1.82, 2.24) is 24.9 Å². The van der Waals surface area contributed by atoms with Crippen LogP contribution in [0.1, 0.15) is 23.9 Å². The second-order valence-corrected chi connectivity index (χ2v) is 10.3. The minimum atomic E-state index is -0.200. The van der Waals surface area contributed by atoms with E-state index in [2.05, 4.69) is 30.5 Å². The van der Waals surface area contributed by atoms with Crippen LogP contribution >= 0.6 is 11.6 Å². The van der Waals surface area contributed by atoms with Gasteiger partial charge in [0.15, 0.2) is 5.82 Å². The number of nitrogens with zero attached hydrogens (tertiary/aromatic N) is 6. The van der Waals surface area contributed by atoms with E-state index in [0.29, 0.717) is 58.6 Å². The van der Waals surface area contributed by atoms with Gasteiger partial charge in [0.1, 0.15) is 29.0 Å². The fourth-order valence-corrected chi connectivity index (χ4v) is 4.56. The number of halogens is 1. The Morgan fingerprint density at radius 1 is 0.841 bits per heavy atom. The summed E-state index contributed by atoms with van der Waals surface area (Å²) >= 11 is 6.40. The number of benzene rings is 2. The van der Waals surface area contributed by atoms with Crippen molar-refractivity contribution in [3.05, 3.63) is 101 Å². The molecule has 3 heterocycles. The maximum atomic E-state index is 11.4. The first-order chi connectivity index (χ1) is 21.3. The molecule has 11 nitrogen and oxygen atoms in total. The predicted octanol–water partition coefficient (Wildman–Crippen LogP) is 6.22. The number of anilines is 4. The van der Waals surface area contributed by atoms with Crippen LogP contribution in [0.2, 0.25) is 5.02 Å². The van der Waals surface area contributed by atoms with Gasteiger partial charge in [-0.25, -0.2) is 15.0 Å². The Kier molecular flexibility index (Phi) is 9.46. The molecule has 0 atom stereocenters. The Hall–Kier alpha value is -5.29. The van der Waals surface area contributed by atoms with E-state index in [-0.39, 0.29) is 5.91 Å². The fourth-order valence-electron chi connectivity index (χ4n) is 4.40. The van der Waals surface area contributed by atoms with Gasteiger partial charge in [-0.05, 0) is 60.5 Å². The minimum absolute atomic E-state index is 0.200. The zero-order valence-electron chi connectivity index (χ0n) is 24.7. The van der Waals surface area contributed by atoms with E-state index in [0.717, 1.165) is 22.6 Å². The average molecular weight is 611 g/mol. The Bertz CT molecular complexity index is 1680. The Labute approximate surface area is 260 Å². The summed E-state index contributed by atoms with van der Waals surface area (Å²) in [5, 5.41) is 6.35. The van der Waals surface area contributed by atoms with Gasteiger partial charge in [0, 0.05) is 26.2 Å². The molecule has 0 fully saturated rings. The lowest BCUT2D eigenvalue weighted by molar-refractivity contribution is -0.114. The summed E-state index contributed by atoms with van der Waals surface area (Å²) in [7, 11) is 3.29. The van der Waals surface area contributed by atoms with Crippen molar-refractivity contribution in [2.45, 2.75) is 26.9 Å². The number of carbonyl (C=O) groups is 1. The first-order valence-electron chi connectivity index (χ1n) is 13.7. The maximum absolute atomic E-state index is 11.4. The lowest BCUT2D eigenvalue weighted by Crippen LogP contribution is -2.25. The largest absolute Gasteiger partial charge is 0.497 e. The van der Waals surface area contributed by atoms with E-state index in [1.807, 2.05) is 55.5 Å². The topological polar surface area (TPSA) is 127 Å². The molecule has 0 spiro atoms. The van der Waals surface area contributed by atoms with Crippen LogP contribution < -0.4 is 25.0 Å². The second-order valence-electron chi connectivity index (χ2n) is 9.85. The van der Waals surface area contributed by atoms with Crippen molar-refractivity contribution in [3.8, 4) is 22.9 Å². The van der Waals surface area contributed by atoms with Crippen LogP contribution in [-0.2, 0) is 17.9 Å². The molecule has 0 radical (unpaired) electrons.